The van der Waals surface area contributed by atoms with Crippen LogP contribution in [0.25, 0.3) is 0 Å². The lowest BCUT2D eigenvalue weighted by molar-refractivity contribution is 0.273. The Hall–Kier alpha value is -1.63. The molecule has 0 amide bonds. The molecule has 0 spiro atoms. The maximum atomic E-state index is 13.3. The third kappa shape index (κ3) is 2.48. The molecule has 0 unspecified atom stereocenters. The van der Waals surface area contributed by atoms with Gasteiger partial charge < -0.3 is 4.74 Å². The van der Waals surface area contributed by atoms with E-state index in [0.29, 0.717) is 12.5 Å². The Kier molecular flexibility index (Phi) is 3.04. The van der Waals surface area contributed by atoms with Crippen LogP contribution in [-0.2, 0) is 0 Å². The first-order chi connectivity index (χ1) is 7.70. The molecule has 16 heavy (non-hydrogen) atoms. The quantitative estimate of drug-likeness (QED) is 0.786. The highest BCUT2D eigenvalue weighted by Gasteiger charge is 2.21. The molecule has 0 aromatic heterocycles. The number of halogens is 2. The molecule has 1 aromatic rings. The van der Waals surface area contributed by atoms with Crippen LogP contribution in [0.5, 0.6) is 5.75 Å². The number of nitriles is 1. The van der Waals surface area contributed by atoms with Gasteiger partial charge in [0, 0.05) is 0 Å². The number of rotatable bonds is 4. The van der Waals surface area contributed by atoms with Gasteiger partial charge in [-0.1, -0.05) is 12.8 Å². The van der Waals surface area contributed by atoms with Crippen molar-refractivity contribution < 1.29 is 13.5 Å². The van der Waals surface area contributed by atoms with Gasteiger partial charge in [0.15, 0.2) is 17.4 Å². The van der Waals surface area contributed by atoms with Gasteiger partial charge in [0.2, 0.25) is 0 Å². The fourth-order valence-electron chi connectivity index (χ4n) is 1.50. The van der Waals surface area contributed by atoms with E-state index in [0.717, 1.165) is 18.6 Å². The molecule has 0 radical (unpaired) electrons. The second-order valence-corrected chi connectivity index (χ2v) is 3.96. The molecular weight excluding hydrogens is 212 g/mol. The average Bonchev–Trinajstić information content (AvgIpc) is 3.05. The zero-order valence-corrected chi connectivity index (χ0v) is 8.67. The molecule has 0 saturated heterocycles. The highest BCUT2D eigenvalue weighted by Crippen LogP contribution is 2.32. The van der Waals surface area contributed by atoms with Crippen LogP contribution < -0.4 is 4.74 Å². The van der Waals surface area contributed by atoms with E-state index in [1.807, 2.05) is 0 Å². The lowest BCUT2D eigenvalue weighted by Gasteiger charge is -2.07. The summed E-state index contributed by atoms with van der Waals surface area (Å²) in [7, 11) is 0. The summed E-state index contributed by atoms with van der Waals surface area (Å²) >= 11 is 0. The summed E-state index contributed by atoms with van der Waals surface area (Å²) in [6, 6.07) is 3.65. The Morgan fingerprint density at radius 3 is 2.44 bits per heavy atom. The second-order valence-electron chi connectivity index (χ2n) is 3.96. The normalized spacial score (nSPS) is 14.6. The zero-order chi connectivity index (χ0) is 11.5. The summed E-state index contributed by atoms with van der Waals surface area (Å²) in [6.45, 7) is 0.324. The maximum Gasteiger partial charge on any atom is 0.190 e. The molecule has 1 saturated carbocycles. The predicted molar refractivity (Wildman–Crippen MR) is 53.9 cm³/mol. The van der Waals surface area contributed by atoms with Crippen molar-refractivity contribution in [2.24, 2.45) is 5.92 Å². The highest BCUT2D eigenvalue weighted by atomic mass is 19.1. The van der Waals surface area contributed by atoms with Crippen LogP contribution in [0.3, 0.4) is 0 Å². The summed E-state index contributed by atoms with van der Waals surface area (Å²) < 4.78 is 31.7. The molecular formula is C12H11F2NO. The molecule has 84 valence electrons. The van der Waals surface area contributed by atoms with Gasteiger partial charge >= 0.3 is 0 Å². The zero-order valence-electron chi connectivity index (χ0n) is 8.67. The van der Waals surface area contributed by atoms with Gasteiger partial charge in [-0.15, -0.1) is 0 Å². The first-order valence-electron chi connectivity index (χ1n) is 5.22. The van der Waals surface area contributed by atoms with Gasteiger partial charge in [0.25, 0.3) is 0 Å². The van der Waals surface area contributed by atoms with E-state index in [-0.39, 0.29) is 11.3 Å². The van der Waals surface area contributed by atoms with E-state index < -0.39 is 11.6 Å². The average molecular weight is 223 g/mol. The largest absolute Gasteiger partial charge is 0.488 e. The predicted octanol–water partition coefficient (Wildman–Crippen LogP) is 3.02. The van der Waals surface area contributed by atoms with Crippen LogP contribution in [0.15, 0.2) is 12.1 Å². The van der Waals surface area contributed by atoms with Gasteiger partial charge in [-0.2, -0.15) is 5.26 Å². The van der Waals surface area contributed by atoms with Crippen LogP contribution in [0.4, 0.5) is 8.78 Å². The third-order valence-electron chi connectivity index (χ3n) is 2.60. The Morgan fingerprint density at radius 2 is 1.94 bits per heavy atom. The number of benzene rings is 1. The number of nitrogens with zero attached hydrogens (tertiary/aromatic N) is 1. The molecule has 0 aliphatic heterocycles. The summed E-state index contributed by atoms with van der Waals surface area (Å²) in [4.78, 5) is 0. The van der Waals surface area contributed by atoms with Crippen molar-refractivity contribution in [1.29, 1.82) is 5.26 Å². The number of hydrogen-bond donors (Lipinski definition) is 0. The SMILES string of the molecule is N#Cc1cc(F)c(OCCC2CC2)c(F)c1. The third-order valence-corrected chi connectivity index (χ3v) is 2.60. The van der Waals surface area contributed by atoms with Crippen molar-refractivity contribution >= 4 is 0 Å². The smallest absolute Gasteiger partial charge is 0.190 e. The van der Waals surface area contributed by atoms with Crippen LogP contribution >= 0.6 is 0 Å². The fourth-order valence-corrected chi connectivity index (χ4v) is 1.50. The Morgan fingerprint density at radius 1 is 1.31 bits per heavy atom. The molecule has 1 fully saturated rings. The molecule has 1 aliphatic rings. The van der Waals surface area contributed by atoms with Crippen LogP contribution in [0.1, 0.15) is 24.8 Å². The second kappa shape index (κ2) is 4.48. The molecule has 4 heteroatoms. The highest BCUT2D eigenvalue weighted by molar-refractivity contribution is 5.37. The molecule has 2 rings (SSSR count). The Labute approximate surface area is 92.5 Å². The molecule has 0 heterocycles. The molecule has 0 N–H and O–H groups in total. The topological polar surface area (TPSA) is 33.0 Å². The van der Waals surface area contributed by atoms with Gasteiger partial charge in [-0.3, -0.25) is 0 Å². The van der Waals surface area contributed by atoms with Crippen molar-refractivity contribution in [1.82, 2.24) is 0 Å². The summed E-state index contributed by atoms with van der Waals surface area (Å²) in [5.41, 5.74) is -0.0375. The Balaban J connectivity index is 2.04. The molecule has 1 aromatic carbocycles. The Bertz CT molecular complexity index is 412. The first kappa shape index (κ1) is 10.9. The minimum absolute atomic E-state index is 0.0375. The van der Waals surface area contributed by atoms with E-state index >= 15 is 0 Å². The van der Waals surface area contributed by atoms with Crippen LogP contribution in [0, 0.1) is 28.9 Å². The van der Waals surface area contributed by atoms with Gasteiger partial charge in [-0.25, -0.2) is 8.78 Å². The van der Waals surface area contributed by atoms with E-state index in [2.05, 4.69) is 0 Å². The van der Waals surface area contributed by atoms with Crippen LogP contribution in [0.2, 0.25) is 0 Å². The standard InChI is InChI=1S/C12H11F2NO/c13-10-5-9(7-15)6-11(14)12(10)16-4-3-8-1-2-8/h5-6,8H,1-4H2. The fraction of sp³-hybridized carbons (Fsp3) is 0.417. The van der Waals surface area contributed by atoms with E-state index in [9.17, 15) is 8.78 Å². The number of hydrogen-bond acceptors (Lipinski definition) is 2. The number of ether oxygens (including phenoxy) is 1. The summed E-state index contributed by atoms with van der Waals surface area (Å²) in [5.74, 6) is -1.34. The van der Waals surface area contributed by atoms with Crippen molar-refractivity contribution in [3.05, 3.63) is 29.3 Å². The monoisotopic (exact) mass is 223 g/mol. The van der Waals surface area contributed by atoms with Crippen molar-refractivity contribution in [3.8, 4) is 11.8 Å². The van der Waals surface area contributed by atoms with Gasteiger partial charge in [0.05, 0.1) is 18.2 Å². The van der Waals surface area contributed by atoms with Crippen molar-refractivity contribution in [2.75, 3.05) is 6.61 Å². The lowest BCUT2D eigenvalue weighted by Crippen LogP contribution is -2.02. The first-order valence-corrected chi connectivity index (χ1v) is 5.22. The lowest BCUT2D eigenvalue weighted by atomic mass is 10.2. The summed E-state index contributed by atoms with van der Waals surface area (Å²) in [6.07, 6.45) is 3.20. The van der Waals surface area contributed by atoms with E-state index in [1.54, 1.807) is 6.07 Å². The molecule has 0 atom stereocenters. The summed E-state index contributed by atoms with van der Waals surface area (Å²) in [5, 5.41) is 8.51. The minimum Gasteiger partial charge on any atom is -0.488 e. The van der Waals surface area contributed by atoms with E-state index in [4.69, 9.17) is 10.00 Å². The molecule has 2 nitrogen and oxygen atoms in total. The molecule has 0 bridgehead atoms. The minimum atomic E-state index is -0.813. The molecule has 1 aliphatic carbocycles. The van der Waals surface area contributed by atoms with Crippen molar-refractivity contribution in [3.63, 3.8) is 0 Å². The van der Waals surface area contributed by atoms with Crippen LogP contribution in [-0.4, -0.2) is 6.61 Å². The maximum absolute atomic E-state index is 13.3. The van der Waals surface area contributed by atoms with Gasteiger partial charge in [0.1, 0.15) is 0 Å². The van der Waals surface area contributed by atoms with Gasteiger partial charge in [-0.05, 0) is 24.5 Å². The van der Waals surface area contributed by atoms with Crippen molar-refractivity contribution in [2.45, 2.75) is 19.3 Å². The van der Waals surface area contributed by atoms with E-state index in [1.165, 1.54) is 12.8 Å².